The molecular formula is C11H8Cl2N4O3. The summed E-state index contributed by atoms with van der Waals surface area (Å²) in [5, 5.41) is 19.0. The van der Waals surface area contributed by atoms with Gasteiger partial charge in [-0.15, -0.1) is 5.10 Å². The topological polar surface area (TPSA) is 97.1 Å². The lowest BCUT2D eigenvalue weighted by molar-refractivity contribution is -0.116. The Hall–Kier alpha value is -2.12. The fraction of sp³-hybridized carbons (Fsp3) is 0.0909. The number of aromatic carboxylic acids is 1. The molecule has 2 rings (SSSR count). The first-order chi connectivity index (χ1) is 9.44. The number of halogens is 2. The minimum absolute atomic E-state index is 0.176. The number of carboxylic acid groups (broad SMARTS) is 1. The maximum atomic E-state index is 11.8. The van der Waals surface area contributed by atoms with Gasteiger partial charge in [0.15, 0.2) is 5.69 Å². The van der Waals surface area contributed by atoms with Crippen molar-refractivity contribution in [1.82, 2.24) is 15.0 Å². The summed E-state index contributed by atoms with van der Waals surface area (Å²) in [5.41, 5.74) is 0.203. The molecule has 1 amide bonds. The van der Waals surface area contributed by atoms with Crippen LogP contribution in [0.4, 0.5) is 5.69 Å². The van der Waals surface area contributed by atoms with E-state index in [1.807, 2.05) is 0 Å². The molecule has 2 N–H and O–H groups in total. The van der Waals surface area contributed by atoms with Crippen LogP contribution >= 0.6 is 23.2 Å². The van der Waals surface area contributed by atoms with Crippen LogP contribution in [0.3, 0.4) is 0 Å². The van der Waals surface area contributed by atoms with Gasteiger partial charge in [-0.25, -0.2) is 9.48 Å². The molecule has 1 aromatic heterocycles. The molecule has 9 heteroatoms. The third kappa shape index (κ3) is 3.69. The summed E-state index contributed by atoms with van der Waals surface area (Å²) >= 11 is 11.6. The van der Waals surface area contributed by atoms with Crippen molar-refractivity contribution in [2.45, 2.75) is 6.54 Å². The van der Waals surface area contributed by atoms with Gasteiger partial charge in [0.1, 0.15) is 6.54 Å². The molecule has 7 nitrogen and oxygen atoms in total. The molecule has 0 radical (unpaired) electrons. The van der Waals surface area contributed by atoms with E-state index in [-0.39, 0.29) is 12.2 Å². The summed E-state index contributed by atoms with van der Waals surface area (Å²) in [7, 11) is 0. The van der Waals surface area contributed by atoms with E-state index < -0.39 is 11.9 Å². The van der Waals surface area contributed by atoms with Gasteiger partial charge in [-0.1, -0.05) is 28.4 Å². The highest BCUT2D eigenvalue weighted by Crippen LogP contribution is 2.22. The number of aromatic nitrogens is 3. The number of anilines is 1. The first-order valence-electron chi connectivity index (χ1n) is 5.33. The number of hydrogen-bond acceptors (Lipinski definition) is 4. The molecule has 0 aliphatic rings. The molecule has 1 heterocycles. The number of rotatable bonds is 4. The second kappa shape index (κ2) is 5.89. The fourth-order valence-electron chi connectivity index (χ4n) is 1.45. The average molecular weight is 315 g/mol. The minimum Gasteiger partial charge on any atom is -0.476 e. The number of nitrogens with zero attached hydrogens (tertiary/aromatic N) is 3. The predicted octanol–water partition coefficient (Wildman–Crippen LogP) is 1.92. The van der Waals surface area contributed by atoms with Crippen molar-refractivity contribution in [3.63, 3.8) is 0 Å². The Morgan fingerprint density at radius 1 is 1.25 bits per heavy atom. The second-order valence-electron chi connectivity index (χ2n) is 3.81. The first kappa shape index (κ1) is 14.3. The van der Waals surface area contributed by atoms with Crippen LogP contribution in [-0.4, -0.2) is 32.0 Å². The highest BCUT2D eigenvalue weighted by molar-refractivity contribution is 6.35. The third-order valence-corrected chi connectivity index (χ3v) is 2.65. The maximum Gasteiger partial charge on any atom is 0.358 e. The van der Waals surface area contributed by atoms with E-state index in [9.17, 15) is 9.59 Å². The van der Waals surface area contributed by atoms with Gasteiger partial charge in [-0.3, -0.25) is 4.79 Å². The van der Waals surface area contributed by atoms with Crippen molar-refractivity contribution in [1.29, 1.82) is 0 Å². The molecule has 0 fully saturated rings. The molecule has 104 valence electrons. The van der Waals surface area contributed by atoms with Crippen molar-refractivity contribution in [2.75, 3.05) is 5.32 Å². The van der Waals surface area contributed by atoms with E-state index in [1.165, 1.54) is 18.2 Å². The Bertz CT molecular complexity index is 651. The highest BCUT2D eigenvalue weighted by atomic mass is 35.5. The fourth-order valence-corrected chi connectivity index (χ4v) is 1.97. The molecule has 0 spiro atoms. The third-order valence-electron chi connectivity index (χ3n) is 2.21. The Morgan fingerprint density at radius 2 is 1.90 bits per heavy atom. The standard InChI is InChI=1S/C11H8Cl2N4O3/c12-6-1-7(13)3-8(2-6)14-10(18)5-17-4-9(11(19)20)15-16-17/h1-4H,5H2,(H,14,18)(H,19,20). The van der Waals surface area contributed by atoms with E-state index >= 15 is 0 Å². The van der Waals surface area contributed by atoms with E-state index in [0.29, 0.717) is 15.7 Å². The summed E-state index contributed by atoms with van der Waals surface area (Å²) in [6, 6.07) is 4.61. The first-order valence-corrected chi connectivity index (χ1v) is 6.09. The van der Waals surface area contributed by atoms with E-state index in [0.717, 1.165) is 10.9 Å². The monoisotopic (exact) mass is 314 g/mol. The second-order valence-corrected chi connectivity index (χ2v) is 4.69. The molecule has 0 aliphatic carbocycles. The highest BCUT2D eigenvalue weighted by Gasteiger charge is 2.11. The van der Waals surface area contributed by atoms with Gasteiger partial charge < -0.3 is 10.4 Å². The van der Waals surface area contributed by atoms with E-state index in [1.54, 1.807) is 0 Å². The Morgan fingerprint density at radius 3 is 2.45 bits per heavy atom. The van der Waals surface area contributed by atoms with Crippen molar-refractivity contribution in [3.05, 3.63) is 40.1 Å². The molecule has 1 aromatic carbocycles. The Balaban J connectivity index is 2.03. The zero-order chi connectivity index (χ0) is 14.7. The summed E-state index contributed by atoms with van der Waals surface area (Å²) in [6.45, 7) is -0.176. The van der Waals surface area contributed by atoms with Gasteiger partial charge >= 0.3 is 5.97 Å². The number of carbonyl (C=O) groups is 2. The average Bonchev–Trinajstić information content (AvgIpc) is 2.75. The maximum absolute atomic E-state index is 11.8. The smallest absolute Gasteiger partial charge is 0.358 e. The van der Waals surface area contributed by atoms with Gasteiger partial charge in [-0.05, 0) is 18.2 Å². The minimum atomic E-state index is -1.21. The van der Waals surface area contributed by atoms with Gasteiger partial charge in [0, 0.05) is 15.7 Å². The zero-order valence-electron chi connectivity index (χ0n) is 9.88. The molecule has 20 heavy (non-hydrogen) atoms. The summed E-state index contributed by atoms with van der Waals surface area (Å²) in [6.07, 6.45) is 1.16. The predicted molar refractivity (Wildman–Crippen MR) is 72.1 cm³/mol. The molecular weight excluding hydrogens is 307 g/mol. The van der Waals surface area contributed by atoms with E-state index in [2.05, 4.69) is 15.6 Å². The van der Waals surface area contributed by atoms with Crippen LogP contribution in [0.25, 0.3) is 0 Å². The number of amides is 1. The number of carbonyl (C=O) groups excluding carboxylic acids is 1. The molecule has 0 atom stereocenters. The number of benzene rings is 1. The SMILES string of the molecule is O=C(Cn1cc(C(=O)O)nn1)Nc1cc(Cl)cc(Cl)c1. The van der Waals surface area contributed by atoms with Crippen LogP contribution in [0.5, 0.6) is 0 Å². The lowest BCUT2D eigenvalue weighted by Gasteiger charge is -2.06. The van der Waals surface area contributed by atoms with Crippen LogP contribution in [0.2, 0.25) is 10.0 Å². The molecule has 0 unspecified atom stereocenters. The van der Waals surface area contributed by atoms with Crippen molar-refractivity contribution in [2.24, 2.45) is 0 Å². The van der Waals surface area contributed by atoms with Crippen LogP contribution in [0, 0.1) is 0 Å². The normalized spacial score (nSPS) is 10.3. The molecule has 0 aliphatic heterocycles. The number of nitrogens with one attached hydrogen (secondary N) is 1. The quantitative estimate of drug-likeness (QED) is 0.898. The lowest BCUT2D eigenvalue weighted by atomic mass is 10.3. The van der Waals surface area contributed by atoms with Crippen LogP contribution < -0.4 is 5.32 Å². The van der Waals surface area contributed by atoms with Gasteiger partial charge in [-0.2, -0.15) is 0 Å². The van der Waals surface area contributed by atoms with Crippen LogP contribution in [0.15, 0.2) is 24.4 Å². The van der Waals surface area contributed by atoms with Crippen LogP contribution in [0.1, 0.15) is 10.5 Å². The Kier molecular flexibility index (Phi) is 4.21. The van der Waals surface area contributed by atoms with Gasteiger partial charge in [0.25, 0.3) is 0 Å². The Labute approximate surface area is 123 Å². The largest absolute Gasteiger partial charge is 0.476 e. The van der Waals surface area contributed by atoms with Crippen molar-refractivity contribution in [3.8, 4) is 0 Å². The van der Waals surface area contributed by atoms with Crippen molar-refractivity contribution < 1.29 is 14.7 Å². The molecule has 0 saturated carbocycles. The summed E-state index contributed by atoms with van der Waals surface area (Å²) in [5.74, 6) is -1.62. The summed E-state index contributed by atoms with van der Waals surface area (Å²) < 4.78 is 1.12. The summed E-state index contributed by atoms with van der Waals surface area (Å²) in [4.78, 5) is 22.4. The van der Waals surface area contributed by atoms with E-state index in [4.69, 9.17) is 28.3 Å². The molecule has 2 aromatic rings. The zero-order valence-corrected chi connectivity index (χ0v) is 11.4. The number of carboxylic acids is 1. The van der Waals surface area contributed by atoms with Crippen LogP contribution in [-0.2, 0) is 11.3 Å². The van der Waals surface area contributed by atoms with Gasteiger partial charge in [0.2, 0.25) is 5.91 Å². The van der Waals surface area contributed by atoms with Crippen molar-refractivity contribution >= 4 is 40.8 Å². The number of hydrogen-bond donors (Lipinski definition) is 2. The molecule has 0 bridgehead atoms. The lowest BCUT2D eigenvalue weighted by Crippen LogP contribution is -2.19. The molecule has 0 saturated heterocycles. The van der Waals surface area contributed by atoms with Gasteiger partial charge in [0.05, 0.1) is 6.20 Å².